The molecule has 1 heterocycles. The SMILES string of the molecule is CCOc1ccc(-c2nc(NC(=O)CC(C)C)sc2C)cc1. The van der Waals surface area contributed by atoms with Crippen molar-refractivity contribution in [3.05, 3.63) is 29.1 Å². The summed E-state index contributed by atoms with van der Waals surface area (Å²) in [5.41, 5.74) is 1.94. The third-order valence-corrected chi connectivity index (χ3v) is 3.96. The number of aryl methyl sites for hydroxylation is 1. The van der Waals surface area contributed by atoms with Gasteiger partial charge in [0.25, 0.3) is 0 Å². The summed E-state index contributed by atoms with van der Waals surface area (Å²) in [6.07, 6.45) is 0.511. The molecule has 2 rings (SSSR count). The van der Waals surface area contributed by atoms with E-state index in [1.54, 1.807) is 0 Å². The van der Waals surface area contributed by atoms with Gasteiger partial charge < -0.3 is 10.1 Å². The molecule has 0 spiro atoms. The van der Waals surface area contributed by atoms with Crippen LogP contribution in [0.15, 0.2) is 24.3 Å². The molecule has 0 fully saturated rings. The normalized spacial score (nSPS) is 10.8. The number of thiazole rings is 1. The van der Waals surface area contributed by atoms with Crippen LogP contribution in [0.3, 0.4) is 0 Å². The molecular weight excluding hydrogens is 296 g/mol. The molecule has 0 unspecified atom stereocenters. The molecule has 0 radical (unpaired) electrons. The molecule has 2 aromatic rings. The summed E-state index contributed by atoms with van der Waals surface area (Å²) in [6, 6.07) is 7.86. The number of ether oxygens (including phenoxy) is 1. The Balaban J connectivity index is 2.13. The minimum Gasteiger partial charge on any atom is -0.494 e. The van der Waals surface area contributed by atoms with E-state index in [1.807, 2.05) is 52.0 Å². The average Bonchev–Trinajstić information content (AvgIpc) is 2.79. The lowest BCUT2D eigenvalue weighted by molar-refractivity contribution is -0.116. The second-order valence-corrected chi connectivity index (χ2v) is 6.73. The van der Waals surface area contributed by atoms with Crippen LogP contribution in [-0.4, -0.2) is 17.5 Å². The van der Waals surface area contributed by atoms with Crippen LogP contribution < -0.4 is 10.1 Å². The molecule has 0 aliphatic carbocycles. The molecule has 4 nitrogen and oxygen atoms in total. The molecule has 0 saturated carbocycles. The summed E-state index contributed by atoms with van der Waals surface area (Å²) in [6.45, 7) is 8.68. The van der Waals surface area contributed by atoms with E-state index < -0.39 is 0 Å². The molecular formula is C17H22N2O2S. The molecule has 0 aliphatic rings. The number of hydrogen-bond acceptors (Lipinski definition) is 4. The van der Waals surface area contributed by atoms with Crippen molar-refractivity contribution in [3.63, 3.8) is 0 Å². The molecule has 22 heavy (non-hydrogen) atoms. The first-order chi connectivity index (χ1) is 10.5. The Bertz CT molecular complexity index is 633. The van der Waals surface area contributed by atoms with Gasteiger partial charge in [-0.1, -0.05) is 13.8 Å². The Labute approximate surface area is 135 Å². The van der Waals surface area contributed by atoms with Crippen LogP contribution in [0, 0.1) is 12.8 Å². The van der Waals surface area contributed by atoms with E-state index in [-0.39, 0.29) is 5.91 Å². The van der Waals surface area contributed by atoms with E-state index in [0.717, 1.165) is 21.9 Å². The van der Waals surface area contributed by atoms with Crippen molar-refractivity contribution in [2.45, 2.75) is 34.1 Å². The summed E-state index contributed by atoms with van der Waals surface area (Å²) in [5.74, 6) is 1.21. The van der Waals surface area contributed by atoms with E-state index in [4.69, 9.17) is 4.74 Å². The molecule has 0 atom stereocenters. The molecule has 0 aliphatic heterocycles. The van der Waals surface area contributed by atoms with Gasteiger partial charge in [0.2, 0.25) is 5.91 Å². The van der Waals surface area contributed by atoms with E-state index >= 15 is 0 Å². The number of nitrogens with zero attached hydrogens (tertiary/aromatic N) is 1. The van der Waals surface area contributed by atoms with Crippen LogP contribution in [-0.2, 0) is 4.79 Å². The summed E-state index contributed by atoms with van der Waals surface area (Å²) in [7, 11) is 0. The van der Waals surface area contributed by atoms with E-state index in [9.17, 15) is 4.79 Å². The fourth-order valence-electron chi connectivity index (χ4n) is 2.13. The molecule has 1 N–H and O–H groups in total. The lowest BCUT2D eigenvalue weighted by Gasteiger charge is -2.04. The van der Waals surface area contributed by atoms with Crippen molar-refractivity contribution in [3.8, 4) is 17.0 Å². The number of rotatable bonds is 6. The van der Waals surface area contributed by atoms with Crippen molar-refractivity contribution >= 4 is 22.4 Å². The van der Waals surface area contributed by atoms with Crippen molar-refractivity contribution in [1.29, 1.82) is 0 Å². The van der Waals surface area contributed by atoms with Crippen LogP contribution in [0.1, 0.15) is 32.1 Å². The van der Waals surface area contributed by atoms with Gasteiger partial charge in [0.1, 0.15) is 5.75 Å². The Kier molecular flexibility index (Phi) is 5.55. The van der Waals surface area contributed by atoms with Gasteiger partial charge in [-0.3, -0.25) is 4.79 Å². The molecule has 0 bridgehead atoms. The summed E-state index contributed by atoms with van der Waals surface area (Å²) < 4.78 is 5.45. The zero-order valence-electron chi connectivity index (χ0n) is 13.5. The minimum absolute atomic E-state index is 0.0157. The fraction of sp³-hybridized carbons (Fsp3) is 0.412. The van der Waals surface area contributed by atoms with Gasteiger partial charge >= 0.3 is 0 Å². The predicted octanol–water partition coefficient (Wildman–Crippen LogP) is 4.50. The number of amides is 1. The third-order valence-electron chi connectivity index (χ3n) is 3.08. The van der Waals surface area contributed by atoms with Gasteiger partial charge in [-0.25, -0.2) is 4.98 Å². The van der Waals surface area contributed by atoms with Gasteiger partial charge in [0.15, 0.2) is 5.13 Å². The standard InChI is InChI=1S/C17H22N2O2S/c1-5-21-14-8-6-13(7-9-14)16-12(4)22-17(19-16)18-15(20)10-11(2)3/h6-9,11H,5,10H2,1-4H3,(H,18,19,20). The summed E-state index contributed by atoms with van der Waals surface area (Å²) >= 11 is 1.50. The largest absolute Gasteiger partial charge is 0.494 e. The van der Waals surface area contributed by atoms with Crippen LogP contribution in [0.4, 0.5) is 5.13 Å². The molecule has 5 heteroatoms. The van der Waals surface area contributed by atoms with Gasteiger partial charge in [-0.15, -0.1) is 11.3 Å². The zero-order valence-corrected chi connectivity index (χ0v) is 14.3. The van der Waals surface area contributed by atoms with Gasteiger partial charge in [0, 0.05) is 16.9 Å². The monoisotopic (exact) mass is 318 g/mol. The first-order valence-electron chi connectivity index (χ1n) is 7.50. The maximum atomic E-state index is 11.8. The van der Waals surface area contributed by atoms with E-state index in [2.05, 4.69) is 10.3 Å². The predicted molar refractivity (Wildman–Crippen MR) is 91.5 cm³/mol. The number of benzene rings is 1. The highest BCUT2D eigenvalue weighted by Crippen LogP contribution is 2.31. The Hall–Kier alpha value is -1.88. The topological polar surface area (TPSA) is 51.2 Å². The van der Waals surface area contributed by atoms with Crippen molar-refractivity contribution in [2.24, 2.45) is 5.92 Å². The van der Waals surface area contributed by atoms with Crippen molar-refractivity contribution in [2.75, 3.05) is 11.9 Å². The van der Waals surface area contributed by atoms with Gasteiger partial charge in [0.05, 0.1) is 12.3 Å². The molecule has 1 aromatic carbocycles. The second-order valence-electron chi connectivity index (χ2n) is 5.53. The number of aromatic nitrogens is 1. The molecule has 118 valence electrons. The number of carbonyl (C=O) groups excluding carboxylic acids is 1. The number of hydrogen-bond donors (Lipinski definition) is 1. The summed E-state index contributed by atoms with van der Waals surface area (Å²) in [5, 5.41) is 3.54. The van der Waals surface area contributed by atoms with Gasteiger partial charge in [-0.2, -0.15) is 0 Å². The lowest BCUT2D eigenvalue weighted by atomic mass is 10.1. The second kappa shape index (κ2) is 7.40. The van der Waals surface area contributed by atoms with Crippen LogP contribution in [0.25, 0.3) is 11.3 Å². The van der Waals surface area contributed by atoms with Crippen LogP contribution in [0.5, 0.6) is 5.75 Å². The average molecular weight is 318 g/mol. The fourth-order valence-corrected chi connectivity index (χ4v) is 2.99. The van der Waals surface area contributed by atoms with Crippen LogP contribution in [0.2, 0.25) is 0 Å². The quantitative estimate of drug-likeness (QED) is 0.853. The maximum absolute atomic E-state index is 11.8. The molecule has 1 aromatic heterocycles. The number of carbonyl (C=O) groups is 1. The first kappa shape index (κ1) is 16.5. The minimum atomic E-state index is 0.0157. The highest BCUT2D eigenvalue weighted by atomic mass is 32.1. The molecule has 0 saturated heterocycles. The van der Waals surface area contributed by atoms with Gasteiger partial charge in [-0.05, 0) is 44.0 Å². The number of anilines is 1. The number of nitrogens with one attached hydrogen (secondary N) is 1. The van der Waals surface area contributed by atoms with Crippen molar-refractivity contribution < 1.29 is 9.53 Å². The summed E-state index contributed by atoms with van der Waals surface area (Å²) in [4.78, 5) is 17.5. The maximum Gasteiger partial charge on any atom is 0.226 e. The van der Waals surface area contributed by atoms with E-state index in [1.165, 1.54) is 11.3 Å². The highest BCUT2D eigenvalue weighted by molar-refractivity contribution is 7.16. The smallest absolute Gasteiger partial charge is 0.226 e. The molecule has 1 amide bonds. The third kappa shape index (κ3) is 4.31. The first-order valence-corrected chi connectivity index (χ1v) is 8.31. The Morgan fingerprint density at radius 2 is 2.00 bits per heavy atom. The Morgan fingerprint density at radius 1 is 1.32 bits per heavy atom. The Morgan fingerprint density at radius 3 is 2.59 bits per heavy atom. The van der Waals surface area contributed by atoms with Crippen LogP contribution >= 0.6 is 11.3 Å². The zero-order chi connectivity index (χ0) is 16.1. The van der Waals surface area contributed by atoms with Crippen molar-refractivity contribution in [1.82, 2.24) is 4.98 Å². The lowest BCUT2D eigenvalue weighted by Crippen LogP contribution is -2.13. The highest BCUT2D eigenvalue weighted by Gasteiger charge is 2.13. The van der Waals surface area contributed by atoms with E-state index in [0.29, 0.717) is 24.1 Å².